The zero-order valence-corrected chi connectivity index (χ0v) is 12.4. The van der Waals surface area contributed by atoms with E-state index in [4.69, 9.17) is 5.26 Å². The third kappa shape index (κ3) is 6.54. The van der Waals surface area contributed by atoms with Crippen molar-refractivity contribution in [3.8, 4) is 6.07 Å². The number of carbonyl (C=O) groups is 2. The van der Waals surface area contributed by atoms with E-state index in [0.717, 1.165) is 11.3 Å². The minimum Gasteiger partial charge on any atom is -0.351 e. The molecule has 6 nitrogen and oxygen atoms in total. The standard InChI is InChI=1S/C15H20N4O2/c1-3-8-17-14(20)10-19(2)11-15(21)18-13-6-4-12(9-16)5-7-13/h4-7H,3,8,10-11H2,1-2H3,(H,17,20)(H,18,21)/p+1. The van der Waals surface area contributed by atoms with Gasteiger partial charge < -0.3 is 15.5 Å². The summed E-state index contributed by atoms with van der Waals surface area (Å²) in [5.41, 5.74) is 1.19. The first-order chi connectivity index (χ1) is 10.0. The number of hydrogen-bond donors (Lipinski definition) is 3. The molecular weight excluding hydrogens is 268 g/mol. The third-order valence-corrected chi connectivity index (χ3v) is 2.79. The van der Waals surface area contributed by atoms with Crippen LogP contribution in [0.2, 0.25) is 0 Å². The highest BCUT2D eigenvalue weighted by Gasteiger charge is 2.13. The number of quaternary nitrogens is 1. The van der Waals surface area contributed by atoms with E-state index in [-0.39, 0.29) is 24.9 Å². The topological polar surface area (TPSA) is 86.4 Å². The van der Waals surface area contributed by atoms with E-state index >= 15 is 0 Å². The van der Waals surface area contributed by atoms with Crippen LogP contribution in [0.1, 0.15) is 18.9 Å². The second-order valence-electron chi connectivity index (χ2n) is 4.90. The summed E-state index contributed by atoms with van der Waals surface area (Å²) in [5, 5.41) is 14.2. The molecule has 0 aromatic heterocycles. The largest absolute Gasteiger partial charge is 0.351 e. The van der Waals surface area contributed by atoms with E-state index in [9.17, 15) is 9.59 Å². The van der Waals surface area contributed by atoms with Gasteiger partial charge in [0.25, 0.3) is 11.8 Å². The van der Waals surface area contributed by atoms with Crippen LogP contribution in [-0.4, -0.2) is 38.5 Å². The first kappa shape index (κ1) is 16.7. The number of nitrogens with zero attached hydrogens (tertiary/aromatic N) is 1. The van der Waals surface area contributed by atoms with Gasteiger partial charge in [-0.05, 0) is 30.7 Å². The monoisotopic (exact) mass is 289 g/mol. The van der Waals surface area contributed by atoms with Crippen molar-refractivity contribution >= 4 is 17.5 Å². The Balaban J connectivity index is 2.38. The molecule has 0 aliphatic rings. The lowest BCUT2D eigenvalue weighted by molar-refractivity contribution is -0.862. The Hall–Kier alpha value is -2.39. The average Bonchev–Trinajstić information content (AvgIpc) is 2.45. The van der Waals surface area contributed by atoms with Gasteiger partial charge in [0.2, 0.25) is 0 Å². The molecule has 0 saturated carbocycles. The molecule has 3 N–H and O–H groups in total. The van der Waals surface area contributed by atoms with E-state index in [0.29, 0.717) is 17.8 Å². The Kier molecular flexibility index (Phi) is 6.92. The minimum atomic E-state index is -0.166. The minimum absolute atomic E-state index is 0.0551. The molecule has 112 valence electrons. The van der Waals surface area contributed by atoms with E-state index in [1.165, 1.54) is 0 Å². The summed E-state index contributed by atoms with van der Waals surface area (Å²) in [5.74, 6) is -0.221. The molecule has 0 heterocycles. The molecule has 0 radical (unpaired) electrons. The number of hydrogen-bond acceptors (Lipinski definition) is 3. The molecular formula is C15H21N4O2+. The Morgan fingerprint density at radius 3 is 2.38 bits per heavy atom. The molecule has 1 unspecified atom stereocenters. The molecule has 1 aromatic carbocycles. The second-order valence-corrected chi connectivity index (χ2v) is 4.90. The molecule has 1 rings (SSSR count). The lowest BCUT2D eigenvalue weighted by Gasteiger charge is -2.13. The summed E-state index contributed by atoms with van der Waals surface area (Å²) >= 11 is 0. The predicted molar refractivity (Wildman–Crippen MR) is 79.7 cm³/mol. The number of carbonyl (C=O) groups excluding carboxylic acids is 2. The molecule has 0 bridgehead atoms. The first-order valence-electron chi connectivity index (χ1n) is 6.93. The molecule has 2 amide bonds. The van der Waals surface area contributed by atoms with Crippen molar-refractivity contribution in [2.24, 2.45) is 0 Å². The molecule has 0 aliphatic carbocycles. The molecule has 0 fully saturated rings. The molecule has 0 aliphatic heterocycles. The van der Waals surface area contributed by atoms with Gasteiger partial charge in [0.15, 0.2) is 13.1 Å². The molecule has 0 saturated heterocycles. The van der Waals surface area contributed by atoms with Crippen molar-refractivity contribution in [2.75, 3.05) is 32.0 Å². The number of amides is 2. The number of anilines is 1. The van der Waals surface area contributed by atoms with Crippen LogP contribution in [0.25, 0.3) is 0 Å². The fourth-order valence-corrected chi connectivity index (χ4v) is 1.77. The van der Waals surface area contributed by atoms with Gasteiger partial charge in [-0.25, -0.2) is 0 Å². The zero-order valence-electron chi connectivity index (χ0n) is 12.4. The predicted octanol–water partition coefficient (Wildman–Crippen LogP) is -0.462. The Morgan fingerprint density at radius 2 is 1.81 bits per heavy atom. The molecule has 21 heavy (non-hydrogen) atoms. The highest BCUT2D eigenvalue weighted by atomic mass is 16.2. The maximum Gasteiger partial charge on any atom is 0.279 e. The van der Waals surface area contributed by atoms with Crippen molar-refractivity contribution in [3.63, 3.8) is 0 Å². The summed E-state index contributed by atoms with van der Waals surface area (Å²) < 4.78 is 0. The van der Waals surface area contributed by atoms with Crippen LogP contribution in [0.5, 0.6) is 0 Å². The molecule has 1 aromatic rings. The van der Waals surface area contributed by atoms with E-state index in [1.807, 2.05) is 13.0 Å². The third-order valence-electron chi connectivity index (χ3n) is 2.79. The SMILES string of the molecule is CCCNC(=O)C[NH+](C)CC(=O)Nc1ccc(C#N)cc1. The Labute approximate surface area is 124 Å². The summed E-state index contributed by atoms with van der Waals surface area (Å²) in [6.45, 7) is 3.12. The molecule has 0 spiro atoms. The van der Waals surface area contributed by atoms with Gasteiger partial charge in [0, 0.05) is 12.2 Å². The first-order valence-corrected chi connectivity index (χ1v) is 6.93. The zero-order chi connectivity index (χ0) is 15.7. The van der Waals surface area contributed by atoms with Gasteiger partial charge >= 0.3 is 0 Å². The highest BCUT2D eigenvalue weighted by Crippen LogP contribution is 2.07. The van der Waals surface area contributed by atoms with Crippen LogP contribution >= 0.6 is 0 Å². The summed E-state index contributed by atoms with van der Waals surface area (Å²) in [4.78, 5) is 24.2. The average molecular weight is 289 g/mol. The summed E-state index contributed by atoms with van der Waals surface area (Å²) in [6, 6.07) is 8.66. The lowest BCUT2D eigenvalue weighted by atomic mass is 10.2. The fourth-order valence-electron chi connectivity index (χ4n) is 1.77. The van der Waals surface area contributed by atoms with Crippen molar-refractivity contribution < 1.29 is 14.5 Å². The summed E-state index contributed by atoms with van der Waals surface area (Å²) in [6.07, 6.45) is 0.893. The van der Waals surface area contributed by atoms with Gasteiger partial charge in [0.1, 0.15) is 0 Å². The van der Waals surface area contributed by atoms with Crippen LogP contribution < -0.4 is 15.5 Å². The quantitative estimate of drug-likeness (QED) is 0.635. The molecule has 1 atom stereocenters. The maximum absolute atomic E-state index is 11.8. The lowest BCUT2D eigenvalue weighted by Crippen LogP contribution is -3.11. The van der Waals surface area contributed by atoms with Crippen LogP contribution in [0.3, 0.4) is 0 Å². The van der Waals surface area contributed by atoms with Gasteiger partial charge in [-0.2, -0.15) is 5.26 Å². The number of nitrogens with one attached hydrogen (secondary N) is 3. The number of likely N-dealkylation sites (N-methyl/N-ethyl adjacent to an activating group) is 1. The van der Waals surface area contributed by atoms with Gasteiger partial charge in [-0.3, -0.25) is 9.59 Å². The Morgan fingerprint density at radius 1 is 1.19 bits per heavy atom. The van der Waals surface area contributed by atoms with Gasteiger partial charge in [-0.1, -0.05) is 6.92 Å². The maximum atomic E-state index is 11.8. The van der Waals surface area contributed by atoms with Crippen molar-refractivity contribution in [3.05, 3.63) is 29.8 Å². The van der Waals surface area contributed by atoms with Crippen LogP contribution in [0.4, 0.5) is 5.69 Å². The van der Waals surface area contributed by atoms with Crippen molar-refractivity contribution in [1.82, 2.24) is 5.32 Å². The Bertz CT molecular complexity index is 519. The molecule has 6 heteroatoms. The number of benzene rings is 1. The van der Waals surface area contributed by atoms with E-state index in [1.54, 1.807) is 31.3 Å². The number of nitriles is 1. The van der Waals surface area contributed by atoms with Crippen LogP contribution in [0.15, 0.2) is 24.3 Å². The van der Waals surface area contributed by atoms with Crippen molar-refractivity contribution in [2.45, 2.75) is 13.3 Å². The van der Waals surface area contributed by atoms with E-state index < -0.39 is 0 Å². The normalized spacial score (nSPS) is 11.3. The number of rotatable bonds is 7. The van der Waals surface area contributed by atoms with Gasteiger partial charge in [0.05, 0.1) is 18.7 Å². The van der Waals surface area contributed by atoms with E-state index in [2.05, 4.69) is 10.6 Å². The summed E-state index contributed by atoms with van der Waals surface area (Å²) in [7, 11) is 1.80. The fraction of sp³-hybridized carbons (Fsp3) is 0.400. The smallest absolute Gasteiger partial charge is 0.279 e. The van der Waals surface area contributed by atoms with Crippen molar-refractivity contribution in [1.29, 1.82) is 5.26 Å². The second kappa shape index (κ2) is 8.72. The van der Waals surface area contributed by atoms with Crippen LogP contribution in [0, 0.1) is 11.3 Å². The highest BCUT2D eigenvalue weighted by molar-refractivity contribution is 5.91. The van der Waals surface area contributed by atoms with Gasteiger partial charge in [-0.15, -0.1) is 0 Å². The van der Waals surface area contributed by atoms with Crippen LogP contribution in [-0.2, 0) is 9.59 Å².